The van der Waals surface area contributed by atoms with E-state index in [-0.39, 0.29) is 5.38 Å². The Morgan fingerprint density at radius 1 is 1.11 bits per heavy atom. The molecule has 3 heteroatoms. The van der Waals surface area contributed by atoms with E-state index in [0.717, 1.165) is 30.8 Å². The van der Waals surface area contributed by atoms with E-state index in [4.69, 9.17) is 21.1 Å². The van der Waals surface area contributed by atoms with Crippen molar-refractivity contribution in [3.63, 3.8) is 0 Å². The molecule has 0 saturated carbocycles. The van der Waals surface area contributed by atoms with Crippen LogP contribution in [0.3, 0.4) is 0 Å². The van der Waals surface area contributed by atoms with Crippen LogP contribution < -0.4 is 9.47 Å². The Bertz CT molecular complexity index is 352. The summed E-state index contributed by atoms with van der Waals surface area (Å²) in [6.45, 7) is 7.71. The van der Waals surface area contributed by atoms with Crippen LogP contribution in [0.4, 0.5) is 0 Å². The SMILES string of the molecule is CCOc1ccccc1OCCCC(Cl)CC(C)C. The van der Waals surface area contributed by atoms with Gasteiger partial charge in [-0.15, -0.1) is 11.6 Å². The van der Waals surface area contributed by atoms with Crippen LogP contribution in [0.15, 0.2) is 24.3 Å². The van der Waals surface area contributed by atoms with Crippen molar-refractivity contribution in [2.75, 3.05) is 13.2 Å². The lowest BCUT2D eigenvalue weighted by Gasteiger charge is -2.13. The van der Waals surface area contributed by atoms with Gasteiger partial charge in [-0.2, -0.15) is 0 Å². The number of alkyl halides is 1. The molecule has 1 unspecified atom stereocenters. The summed E-state index contributed by atoms with van der Waals surface area (Å²) in [4.78, 5) is 0. The molecule has 0 aromatic heterocycles. The molecule has 1 rings (SSSR count). The molecular formula is C16H25ClO2. The van der Waals surface area contributed by atoms with Gasteiger partial charge in [-0.25, -0.2) is 0 Å². The third-order valence-electron chi connectivity index (χ3n) is 2.80. The minimum Gasteiger partial charge on any atom is -0.490 e. The van der Waals surface area contributed by atoms with Gasteiger partial charge in [-0.05, 0) is 44.2 Å². The highest BCUT2D eigenvalue weighted by Gasteiger charge is 2.08. The lowest BCUT2D eigenvalue weighted by Crippen LogP contribution is -2.07. The quantitative estimate of drug-likeness (QED) is 0.474. The monoisotopic (exact) mass is 284 g/mol. The second-order valence-corrected chi connectivity index (χ2v) is 5.71. The predicted octanol–water partition coefficient (Wildman–Crippen LogP) is 4.90. The molecule has 0 radical (unpaired) electrons. The smallest absolute Gasteiger partial charge is 0.161 e. The maximum Gasteiger partial charge on any atom is 0.161 e. The van der Waals surface area contributed by atoms with E-state index in [9.17, 15) is 0 Å². The van der Waals surface area contributed by atoms with E-state index < -0.39 is 0 Å². The number of hydrogen-bond acceptors (Lipinski definition) is 2. The number of para-hydroxylation sites is 2. The van der Waals surface area contributed by atoms with Crippen molar-refractivity contribution in [1.29, 1.82) is 0 Å². The Morgan fingerprint density at radius 3 is 2.32 bits per heavy atom. The van der Waals surface area contributed by atoms with Gasteiger partial charge in [0.2, 0.25) is 0 Å². The fourth-order valence-corrected chi connectivity index (χ4v) is 2.47. The van der Waals surface area contributed by atoms with Gasteiger partial charge in [-0.1, -0.05) is 26.0 Å². The van der Waals surface area contributed by atoms with E-state index in [1.807, 2.05) is 31.2 Å². The molecule has 0 heterocycles. The zero-order valence-corrected chi connectivity index (χ0v) is 13.0. The number of ether oxygens (including phenoxy) is 2. The van der Waals surface area contributed by atoms with Gasteiger partial charge >= 0.3 is 0 Å². The molecule has 0 spiro atoms. The van der Waals surface area contributed by atoms with Crippen LogP contribution in [0.5, 0.6) is 11.5 Å². The van der Waals surface area contributed by atoms with E-state index in [2.05, 4.69) is 13.8 Å². The molecule has 2 nitrogen and oxygen atoms in total. The van der Waals surface area contributed by atoms with Gasteiger partial charge in [0.05, 0.1) is 13.2 Å². The molecule has 0 amide bonds. The molecule has 1 atom stereocenters. The minimum absolute atomic E-state index is 0.255. The maximum absolute atomic E-state index is 6.26. The minimum atomic E-state index is 0.255. The Hall–Kier alpha value is -0.890. The average Bonchev–Trinajstić information content (AvgIpc) is 2.36. The van der Waals surface area contributed by atoms with Gasteiger partial charge in [-0.3, -0.25) is 0 Å². The van der Waals surface area contributed by atoms with Crippen molar-refractivity contribution in [3.8, 4) is 11.5 Å². The summed E-state index contributed by atoms with van der Waals surface area (Å²) < 4.78 is 11.3. The first kappa shape index (κ1) is 16.2. The summed E-state index contributed by atoms with van der Waals surface area (Å²) in [5, 5.41) is 0.255. The van der Waals surface area contributed by atoms with Crippen molar-refractivity contribution in [2.24, 2.45) is 5.92 Å². The van der Waals surface area contributed by atoms with Crippen LogP contribution in [-0.4, -0.2) is 18.6 Å². The van der Waals surface area contributed by atoms with Crippen molar-refractivity contribution >= 4 is 11.6 Å². The Labute approximate surface area is 122 Å². The van der Waals surface area contributed by atoms with Crippen LogP contribution in [0, 0.1) is 5.92 Å². The van der Waals surface area contributed by atoms with Crippen molar-refractivity contribution < 1.29 is 9.47 Å². The number of halogens is 1. The molecule has 108 valence electrons. The largest absolute Gasteiger partial charge is 0.490 e. The zero-order valence-electron chi connectivity index (χ0n) is 12.2. The average molecular weight is 285 g/mol. The van der Waals surface area contributed by atoms with E-state index >= 15 is 0 Å². The van der Waals surface area contributed by atoms with Crippen LogP contribution >= 0.6 is 11.6 Å². The highest BCUT2D eigenvalue weighted by atomic mass is 35.5. The first-order valence-corrected chi connectivity index (χ1v) is 7.55. The first-order chi connectivity index (χ1) is 9.13. The van der Waals surface area contributed by atoms with Gasteiger partial charge in [0.15, 0.2) is 11.5 Å². The molecular weight excluding hydrogens is 260 g/mol. The van der Waals surface area contributed by atoms with E-state index in [0.29, 0.717) is 19.1 Å². The molecule has 0 N–H and O–H groups in total. The molecule has 0 aliphatic carbocycles. The fourth-order valence-electron chi connectivity index (χ4n) is 1.96. The Balaban J connectivity index is 2.29. The summed E-state index contributed by atoms with van der Waals surface area (Å²) in [5.41, 5.74) is 0. The summed E-state index contributed by atoms with van der Waals surface area (Å²) in [5.74, 6) is 2.29. The number of benzene rings is 1. The van der Waals surface area contributed by atoms with Crippen molar-refractivity contribution in [2.45, 2.75) is 45.4 Å². The van der Waals surface area contributed by atoms with Gasteiger partial charge in [0.1, 0.15) is 0 Å². The summed E-state index contributed by atoms with van der Waals surface area (Å²) >= 11 is 6.26. The van der Waals surface area contributed by atoms with Gasteiger partial charge < -0.3 is 9.47 Å². The summed E-state index contributed by atoms with van der Waals surface area (Å²) in [7, 11) is 0. The van der Waals surface area contributed by atoms with Crippen molar-refractivity contribution in [3.05, 3.63) is 24.3 Å². The summed E-state index contributed by atoms with van der Waals surface area (Å²) in [6, 6.07) is 7.79. The zero-order chi connectivity index (χ0) is 14.1. The van der Waals surface area contributed by atoms with Crippen LogP contribution in [-0.2, 0) is 0 Å². The molecule has 0 aliphatic heterocycles. The first-order valence-electron chi connectivity index (χ1n) is 7.12. The Kier molecular flexibility index (Phi) is 7.73. The topological polar surface area (TPSA) is 18.5 Å². The molecule has 0 aliphatic rings. The molecule has 0 fully saturated rings. The number of rotatable bonds is 9. The van der Waals surface area contributed by atoms with Gasteiger partial charge in [0.25, 0.3) is 0 Å². The highest BCUT2D eigenvalue weighted by Crippen LogP contribution is 2.26. The molecule has 0 bridgehead atoms. The molecule has 1 aromatic rings. The normalized spacial score (nSPS) is 12.5. The standard InChI is InChI=1S/C16H25ClO2/c1-4-18-15-9-5-6-10-16(15)19-11-7-8-14(17)12-13(2)3/h5-6,9-10,13-14H,4,7-8,11-12H2,1-3H3. The lowest BCUT2D eigenvalue weighted by molar-refractivity contribution is 0.270. The van der Waals surface area contributed by atoms with Crippen LogP contribution in [0.25, 0.3) is 0 Å². The lowest BCUT2D eigenvalue weighted by atomic mass is 10.1. The maximum atomic E-state index is 6.26. The van der Waals surface area contributed by atoms with Crippen molar-refractivity contribution in [1.82, 2.24) is 0 Å². The Morgan fingerprint density at radius 2 is 1.74 bits per heavy atom. The third kappa shape index (κ3) is 6.72. The highest BCUT2D eigenvalue weighted by molar-refractivity contribution is 6.20. The third-order valence-corrected chi connectivity index (χ3v) is 3.19. The van der Waals surface area contributed by atoms with E-state index in [1.165, 1.54) is 0 Å². The number of hydrogen-bond donors (Lipinski definition) is 0. The molecule has 0 saturated heterocycles. The molecule has 1 aromatic carbocycles. The van der Waals surface area contributed by atoms with E-state index in [1.54, 1.807) is 0 Å². The second kappa shape index (κ2) is 9.08. The second-order valence-electron chi connectivity index (χ2n) is 5.10. The summed E-state index contributed by atoms with van der Waals surface area (Å²) in [6.07, 6.45) is 3.04. The fraction of sp³-hybridized carbons (Fsp3) is 0.625. The van der Waals surface area contributed by atoms with Crippen LogP contribution in [0.2, 0.25) is 0 Å². The molecule has 19 heavy (non-hydrogen) atoms. The van der Waals surface area contributed by atoms with Gasteiger partial charge in [0, 0.05) is 5.38 Å². The van der Waals surface area contributed by atoms with Crippen LogP contribution in [0.1, 0.15) is 40.0 Å². The predicted molar refractivity (Wildman–Crippen MR) is 81.4 cm³/mol.